The van der Waals surface area contributed by atoms with Crippen molar-refractivity contribution >= 4 is 17.5 Å². The number of methoxy groups -OCH3 is 2. The van der Waals surface area contributed by atoms with Crippen molar-refractivity contribution in [3.05, 3.63) is 59.7 Å². The summed E-state index contributed by atoms with van der Waals surface area (Å²) >= 11 is 0. The Bertz CT molecular complexity index is 1180. The van der Waals surface area contributed by atoms with Gasteiger partial charge in [0.15, 0.2) is 11.5 Å². The van der Waals surface area contributed by atoms with Crippen molar-refractivity contribution in [2.45, 2.75) is 57.0 Å². The van der Waals surface area contributed by atoms with Gasteiger partial charge in [0.1, 0.15) is 0 Å². The first-order valence-corrected chi connectivity index (χ1v) is 13.7. The summed E-state index contributed by atoms with van der Waals surface area (Å²) in [6.45, 7) is 1.15. The largest absolute Gasteiger partial charge is 0.493 e. The molecule has 2 fully saturated rings. The second kappa shape index (κ2) is 11.6. The van der Waals surface area contributed by atoms with Gasteiger partial charge in [0.05, 0.1) is 32.0 Å². The van der Waals surface area contributed by atoms with Crippen molar-refractivity contribution in [2.24, 2.45) is 22.7 Å². The van der Waals surface area contributed by atoms with E-state index in [0.29, 0.717) is 43.9 Å². The van der Waals surface area contributed by atoms with Gasteiger partial charge < -0.3 is 20.1 Å². The van der Waals surface area contributed by atoms with Crippen LogP contribution in [0.15, 0.2) is 53.6 Å². The van der Waals surface area contributed by atoms with Crippen molar-refractivity contribution in [1.82, 2.24) is 9.91 Å². The van der Waals surface area contributed by atoms with Crippen LogP contribution in [0.1, 0.15) is 49.7 Å². The topological polar surface area (TPSA) is 97.5 Å². The van der Waals surface area contributed by atoms with Gasteiger partial charge in [-0.15, -0.1) is 0 Å². The number of nitrogens with two attached hydrogens (primary N) is 1. The van der Waals surface area contributed by atoms with Crippen molar-refractivity contribution in [3.63, 3.8) is 0 Å². The maximum Gasteiger partial charge on any atom is 0.246 e. The van der Waals surface area contributed by atoms with Crippen molar-refractivity contribution in [2.75, 3.05) is 27.3 Å². The number of hydrazone groups is 1. The van der Waals surface area contributed by atoms with Gasteiger partial charge in [-0.3, -0.25) is 9.59 Å². The molecule has 5 rings (SSSR count). The van der Waals surface area contributed by atoms with Crippen molar-refractivity contribution in [1.29, 1.82) is 0 Å². The Kier molecular flexibility index (Phi) is 7.98. The molecule has 3 aliphatic rings. The molecule has 2 amide bonds. The number of hydrogen-bond acceptors (Lipinski definition) is 6. The molecule has 8 heteroatoms. The molecule has 202 valence electrons. The zero-order valence-electron chi connectivity index (χ0n) is 22.3. The maximum absolute atomic E-state index is 13.7. The molecule has 2 N–H and O–H groups in total. The number of fused-ring (bicyclic) bond motifs is 1. The summed E-state index contributed by atoms with van der Waals surface area (Å²) in [4.78, 5) is 28.6. The van der Waals surface area contributed by atoms with Crippen LogP contribution in [-0.4, -0.2) is 66.8 Å². The summed E-state index contributed by atoms with van der Waals surface area (Å²) < 4.78 is 11.0. The minimum absolute atomic E-state index is 0.0286. The fourth-order valence-corrected chi connectivity index (χ4v) is 6.21. The monoisotopic (exact) mass is 518 g/mol. The molecular weight excluding hydrogens is 480 g/mol. The number of piperidine rings is 1. The number of amides is 2. The van der Waals surface area contributed by atoms with Crippen LogP contribution in [0, 0.1) is 11.8 Å². The number of likely N-dealkylation sites (tertiary alicyclic amines) is 1. The highest BCUT2D eigenvalue weighted by Gasteiger charge is 2.44. The van der Waals surface area contributed by atoms with Crippen molar-refractivity contribution in [3.8, 4) is 11.5 Å². The summed E-state index contributed by atoms with van der Waals surface area (Å²) in [5.41, 5.74) is 9.27. The van der Waals surface area contributed by atoms with Gasteiger partial charge in [-0.1, -0.05) is 43.2 Å². The van der Waals surface area contributed by atoms with E-state index in [0.717, 1.165) is 42.5 Å². The van der Waals surface area contributed by atoms with Crippen LogP contribution in [0.4, 0.5) is 0 Å². The summed E-state index contributed by atoms with van der Waals surface area (Å²) in [6, 6.07) is 15.1. The zero-order chi connectivity index (χ0) is 26.6. The SMILES string of the molecule is COc1ccc(C2=NN(C3CCN(C(=O)[C@@H](N)Cc4ccccc4)CC3)C(=O)[C@@H]3CCCC[C@@H]23)cc1OC. The Balaban J connectivity index is 1.32. The highest BCUT2D eigenvalue weighted by Crippen LogP contribution is 2.40. The molecule has 1 saturated carbocycles. The Morgan fingerprint density at radius 3 is 2.34 bits per heavy atom. The number of ether oxygens (including phenoxy) is 2. The van der Waals surface area contributed by atoms with E-state index >= 15 is 0 Å². The normalized spacial score (nSPS) is 22.9. The maximum atomic E-state index is 13.7. The predicted octanol–water partition coefficient (Wildman–Crippen LogP) is 3.62. The number of rotatable bonds is 7. The van der Waals surface area contributed by atoms with E-state index in [1.54, 1.807) is 19.2 Å². The van der Waals surface area contributed by atoms with Gasteiger partial charge in [0, 0.05) is 30.5 Å². The van der Waals surface area contributed by atoms with Gasteiger partial charge in [-0.05, 0) is 55.9 Å². The van der Waals surface area contributed by atoms with Gasteiger partial charge in [-0.2, -0.15) is 5.10 Å². The average molecular weight is 519 g/mol. The van der Waals surface area contributed by atoms with E-state index < -0.39 is 6.04 Å². The lowest BCUT2D eigenvalue weighted by Gasteiger charge is -2.43. The summed E-state index contributed by atoms with van der Waals surface area (Å²) in [7, 11) is 3.25. The quantitative estimate of drug-likeness (QED) is 0.604. The summed E-state index contributed by atoms with van der Waals surface area (Å²) in [6.07, 6.45) is 5.91. The van der Waals surface area contributed by atoms with Crippen LogP contribution in [0.5, 0.6) is 11.5 Å². The van der Waals surface area contributed by atoms with Gasteiger partial charge in [-0.25, -0.2) is 5.01 Å². The fraction of sp³-hybridized carbons (Fsp3) is 0.500. The Morgan fingerprint density at radius 1 is 0.974 bits per heavy atom. The summed E-state index contributed by atoms with van der Waals surface area (Å²) in [5, 5.41) is 6.75. The van der Waals surface area contributed by atoms with Crippen LogP contribution in [0.25, 0.3) is 0 Å². The van der Waals surface area contributed by atoms with Crippen LogP contribution in [0.3, 0.4) is 0 Å². The molecule has 2 heterocycles. The standard InChI is InChI=1S/C30H38N4O4/c1-37-26-13-12-21(19-27(26)38-2)28-23-10-6-7-11-24(23)29(35)34(32-28)22-14-16-33(17-15-22)30(36)25(31)18-20-8-4-3-5-9-20/h3-5,8-9,12-13,19,22-25H,6-7,10-11,14-18,31H2,1-2H3/t23-,24-,25+/m1/s1. The third kappa shape index (κ3) is 5.27. The highest BCUT2D eigenvalue weighted by atomic mass is 16.5. The lowest BCUT2D eigenvalue weighted by molar-refractivity contribution is -0.143. The Morgan fingerprint density at radius 2 is 1.66 bits per heavy atom. The van der Waals surface area contributed by atoms with Crippen LogP contribution >= 0.6 is 0 Å². The first-order valence-electron chi connectivity index (χ1n) is 13.7. The Hall–Kier alpha value is -3.39. The number of carbonyl (C=O) groups is 2. The molecule has 2 aromatic rings. The fourth-order valence-electron chi connectivity index (χ4n) is 6.21. The van der Waals surface area contributed by atoms with Gasteiger partial charge in [0.25, 0.3) is 0 Å². The molecule has 38 heavy (non-hydrogen) atoms. The number of benzene rings is 2. The molecule has 2 aromatic carbocycles. The second-order valence-electron chi connectivity index (χ2n) is 10.6. The number of hydrogen-bond donors (Lipinski definition) is 1. The van der Waals surface area contributed by atoms with E-state index in [4.69, 9.17) is 20.3 Å². The van der Waals surface area contributed by atoms with Crippen LogP contribution < -0.4 is 15.2 Å². The lowest BCUT2D eigenvalue weighted by atomic mass is 9.73. The second-order valence-corrected chi connectivity index (χ2v) is 10.6. The average Bonchev–Trinajstić information content (AvgIpc) is 2.97. The van der Waals surface area contributed by atoms with E-state index in [1.807, 2.05) is 53.4 Å². The third-order valence-corrected chi connectivity index (χ3v) is 8.29. The molecule has 0 spiro atoms. The van der Waals surface area contributed by atoms with E-state index in [1.165, 1.54) is 0 Å². The lowest BCUT2D eigenvalue weighted by Crippen LogP contribution is -2.54. The van der Waals surface area contributed by atoms with Gasteiger partial charge in [0.2, 0.25) is 11.8 Å². The molecule has 2 aliphatic heterocycles. The molecule has 0 aromatic heterocycles. The zero-order valence-corrected chi connectivity index (χ0v) is 22.3. The number of carbonyl (C=O) groups excluding carboxylic acids is 2. The minimum Gasteiger partial charge on any atom is -0.493 e. The first-order chi connectivity index (χ1) is 18.5. The van der Waals surface area contributed by atoms with E-state index in [-0.39, 0.29) is 29.7 Å². The summed E-state index contributed by atoms with van der Waals surface area (Å²) in [5.74, 6) is 1.49. The smallest absolute Gasteiger partial charge is 0.246 e. The van der Waals surface area contributed by atoms with Crippen LogP contribution in [0.2, 0.25) is 0 Å². The molecule has 0 bridgehead atoms. The third-order valence-electron chi connectivity index (χ3n) is 8.29. The molecule has 0 radical (unpaired) electrons. The number of nitrogens with zero attached hydrogens (tertiary/aromatic N) is 3. The molecule has 1 aliphatic carbocycles. The molecule has 8 nitrogen and oxygen atoms in total. The van der Waals surface area contributed by atoms with Gasteiger partial charge >= 0.3 is 0 Å². The molecular formula is C30H38N4O4. The predicted molar refractivity (Wildman–Crippen MR) is 146 cm³/mol. The van der Waals surface area contributed by atoms with E-state index in [2.05, 4.69) is 0 Å². The van der Waals surface area contributed by atoms with E-state index in [9.17, 15) is 9.59 Å². The van der Waals surface area contributed by atoms with Crippen LogP contribution in [-0.2, 0) is 16.0 Å². The Labute approximate surface area is 224 Å². The molecule has 3 atom stereocenters. The molecule has 1 saturated heterocycles. The minimum atomic E-state index is -0.566. The first kappa shape index (κ1) is 26.2. The van der Waals surface area contributed by atoms with Crippen molar-refractivity contribution < 1.29 is 19.1 Å². The molecule has 0 unspecified atom stereocenters. The highest BCUT2D eigenvalue weighted by molar-refractivity contribution is 6.07.